The minimum atomic E-state index is -2.10. The van der Waals surface area contributed by atoms with Crippen molar-refractivity contribution in [1.29, 1.82) is 0 Å². The summed E-state index contributed by atoms with van der Waals surface area (Å²) in [6.45, 7) is 26.0. The number of rotatable bonds is 7. The van der Waals surface area contributed by atoms with Gasteiger partial charge in [-0.3, -0.25) is 0 Å². The topological polar surface area (TPSA) is 52.6 Å². The molecular formula is C40H50O4P2+2. The van der Waals surface area contributed by atoms with E-state index in [1.54, 1.807) is 0 Å². The predicted octanol–water partition coefficient (Wildman–Crippen LogP) is 11.4. The van der Waals surface area contributed by atoms with Crippen molar-refractivity contribution in [2.45, 2.75) is 105 Å². The van der Waals surface area contributed by atoms with E-state index >= 15 is 0 Å². The summed E-state index contributed by atoms with van der Waals surface area (Å²) in [4.78, 5) is 0. The van der Waals surface area contributed by atoms with Crippen LogP contribution in [0.25, 0.3) is 11.1 Å². The predicted molar refractivity (Wildman–Crippen MR) is 195 cm³/mol. The molecule has 4 nitrogen and oxygen atoms in total. The van der Waals surface area contributed by atoms with Crippen molar-refractivity contribution in [2.24, 2.45) is 0 Å². The van der Waals surface area contributed by atoms with E-state index in [0.717, 1.165) is 22.3 Å². The highest BCUT2D eigenvalue weighted by Crippen LogP contribution is 2.41. The fourth-order valence-electron chi connectivity index (χ4n) is 5.16. The molecule has 4 rings (SSSR count). The molecule has 0 aliphatic carbocycles. The SMILES string of the molecule is CC(C)(C)c1ccc(O[P+](=O)c2ccc(-c3ccc([P+](=O)Oc4ccc(C(C)(C)C)cc4C(C)(C)C)cc3)cc2)c(C(C)(C)C)c1. The molecule has 2 atom stereocenters. The summed E-state index contributed by atoms with van der Waals surface area (Å²) in [5.41, 5.74) is 6.13. The van der Waals surface area contributed by atoms with Gasteiger partial charge in [0.25, 0.3) is 0 Å². The van der Waals surface area contributed by atoms with Crippen LogP contribution < -0.4 is 19.7 Å². The molecule has 6 heteroatoms. The van der Waals surface area contributed by atoms with Crippen molar-refractivity contribution < 1.29 is 18.2 Å². The second-order valence-electron chi connectivity index (χ2n) is 16.2. The van der Waals surface area contributed by atoms with E-state index in [0.29, 0.717) is 22.1 Å². The highest BCUT2D eigenvalue weighted by molar-refractivity contribution is 7.49. The molecule has 0 bridgehead atoms. The Labute approximate surface area is 278 Å². The quantitative estimate of drug-likeness (QED) is 0.186. The first-order chi connectivity index (χ1) is 21.1. The molecule has 4 aromatic rings. The van der Waals surface area contributed by atoms with E-state index in [2.05, 4.69) is 107 Å². The van der Waals surface area contributed by atoms with Crippen molar-refractivity contribution >= 4 is 26.7 Å². The Morgan fingerprint density at radius 2 is 0.717 bits per heavy atom. The van der Waals surface area contributed by atoms with Crippen molar-refractivity contribution in [3.63, 3.8) is 0 Å². The van der Waals surface area contributed by atoms with Gasteiger partial charge >= 0.3 is 16.1 Å². The molecule has 0 aliphatic rings. The maximum atomic E-state index is 13.3. The van der Waals surface area contributed by atoms with Crippen molar-refractivity contribution in [2.75, 3.05) is 0 Å². The zero-order valence-corrected chi connectivity index (χ0v) is 31.4. The van der Waals surface area contributed by atoms with Gasteiger partial charge < -0.3 is 0 Å². The van der Waals surface area contributed by atoms with Crippen LogP contribution >= 0.6 is 16.1 Å². The van der Waals surface area contributed by atoms with Crippen LogP contribution in [0.15, 0.2) is 84.9 Å². The molecule has 0 saturated heterocycles. The van der Waals surface area contributed by atoms with Gasteiger partial charge in [-0.2, -0.15) is 0 Å². The van der Waals surface area contributed by atoms with E-state index in [4.69, 9.17) is 9.05 Å². The molecule has 0 saturated carbocycles. The minimum absolute atomic E-state index is 0.00552. The summed E-state index contributed by atoms with van der Waals surface area (Å²) >= 11 is 0. The summed E-state index contributed by atoms with van der Waals surface area (Å²) < 4.78 is 38.8. The molecule has 0 fully saturated rings. The molecule has 0 N–H and O–H groups in total. The Hall–Kier alpha value is -3.32. The van der Waals surface area contributed by atoms with Crippen LogP contribution in [-0.2, 0) is 30.8 Å². The van der Waals surface area contributed by atoms with E-state index in [1.807, 2.05) is 60.7 Å². The standard InChI is InChI=1S/C40H50O4P2/c1-37(2,3)29-17-23-35(33(25-29)39(7,8)9)43-45(41)31-19-13-27(14-20-31)28-15-21-32(22-16-28)46(42)44-36-24-18-30(38(4,5)6)26-34(36)40(10,11)12/h13-26H,1-12H3/q+2. The summed E-state index contributed by atoms with van der Waals surface area (Å²) in [6.07, 6.45) is 0. The third-order valence-electron chi connectivity index (χ3n) is 8.16. The molecule has 0 amide bonds. The Balaban J connectivity index is 1.49. The summed E-state index contributed by atoms with van der Waals surface area (Å²) in [5.74, 6) is 1.30. The second kappa shape index (κ2) is 13.1. The lowest BCUT2D eigenvalue weighted by Crippen LogP contribution is -2.17. The first-order valence-corrected chi connectivity index (χ1v) is 18.3. The summed E-state index contributed by atoms with van der Waals surface area (Å²) in [7, 11) is -4.20. The number of benzene rings is 4. The maximum absolute atomic E-state index is 13.3. The van der Waals surface area contributed by atoms with Crippen LogP contribution in [0.5, 0.6) is 11.5 Å². The average Bonchev–Trinajstić information content (AvgIpc) is 2.95. The fraction of sp³-hybridized carbons (Fsp3) is 0.400. The molecule has 0 aliphatic heterocycles. The van der Waals surface area contributed by atoms with Crippen LogP contribution in [0.1, 0.15) is 105 Å². The molecule has 0 heterocycles. The van der Waals surface area contributed by atoms with Crippen LogP contribution in [0, 0.1) is 0 Å². The zero-order chi connectivity index (χ0) is 34.2. The lowest BCUT2D eigenvalue weighted by Gasteiger charge is -2.25. The van der Waals surface area contributed by atoms with Crippen LogP contribution in [-0.4, -0.2) is 0 Å². The highest BCUT2D eigenvalue weighted by Gasteiger charge is 2.32. The minimum Gasteiger partial charge on any atom is -0.250 e. The molecule has 46 heavy (non-hydrogen) atoms. The van der Waals surface area contributed by atoms with Gasteiger partial charge in [0.15, 0.2) is 11.5 Å². The molecular weight excluding hydrogens is 606 g/mol. The first-order valence-electron chi connectivity index (χ1n) is 16.0. The zero-order valence-electron chi connectivity index (χ0n) is 29.6. The van der Waals surface area contributed by atoms with Gasteiger partial charge in [0.05, 0.1) is 0 Å². The average molecular weight is 657 g/mol. The monoisotopic (exact) mass is 656 g/mol. The van der Waals surface area contributed by atoms with E-state index < -0.39 is 16.1 Å². The van der Waals surface area contributed by atoms with Crippen molar-refractivity contribution in [3.05, 3.63) is 107 Å². The Morgan fingerprint density at radius 1 is 0.413 bits per heavy atom. The smallest absolute Gasteiger partial charge is 0.250 e. The fourth-order valence-corrected chi connectivity index (χ4v) is 6.83. The Bertz CT molecular complexity index is 1590. The second-order valence-corrected chi connectivity index (χ2v) is 18.6. The lowest BCUT2D eigenvalue weighted by molar-refractivity contribution is 0.490. The largest absolute Gasteiger partial charge is 0.597 e. The van der Waals surface area contributed by atoms with Gasteiger partial charge in [0.1, 0.15) is 0 Å². The lowest BCUT2D eigenvalue weighted by atomic mass is 9.80. The Kier molecular flexibility index (Phi) is 10.1. The molecule has 242 valence electrons. The van der Waals surface area contributed by atoms with Gasteiger partial charge in [-0.1, -0.05) is 107 Å². The Morgan fingerprint density at radius 3 is 0.978 bits per heavy atom. The number of hydrogen-bond acceptors (Lipinski definition) is 4. The van der Waals surface area contributed by atoms with Crippen LogP contribution in [0.2, 0.25) is 0 Å². The van der Waals surface area contributed by atoms with Gasteiger partial charge in [-0.05, 0) is 114 Å². The molecule has 0 radical (unpaired) electrons. The van der Waals surface area contributed by atoms with E-state index in [9.17, 15) is 9.13 Å². The summed E-state index contributed by atoms with van der Waals surface area (Å²) in [6, 6.07) is 27.5. The van der Waals surface area contributed by atoms with Crippen LogP contribution in [0.3, 0.4) is 0 Å². The van der Waals surface area contributed by atoms with Crippen LogP contribution in [0.4, 0.5) is 0 Å². The van der Waals surface area contributed by atoms with Gasteiger partial charge in [0.2, 0.25) is 10.6 Å². The summed E-state index contributed by atoms with van der Waals surface area (Å²) in [5, 5.41) is 1.25. The van der Waals surface area contributed by atoms with Gasteiger partial charge in [0, 0.05) is 11.1 Å². The first kappa shape index (κ1) is 35.5. The number of hydrogen-bond donors (Lipinski definition) is 0. The third kappa shape index (κ3) is 8.52. The van der Waals surface area contributed by atoms with Crippen molar-refractivity contribution in [1.82, 2.24) is 0 Å². The molecule has 4 aromatic carbocycles. The van der Waals surface area contributed by atoms with E-state index in [-0.39, 0.29) is 21.7 Å². The molecule has 0 spiro atoms. The third-order valence-corrected chi connectivity index (χ3v) is 10.3. The molecule has 0 aromatic heterocycles. The van der Waals surface area contributed by atoms with Gasteiger partial charge in [-0.25, -0.2) is 9.05 Å². The normalized spacial score (nSPS) is 13.3. The maximum Gasteiger partial charge on any atom is 0.597 e. The van der Waals surface area contributed by atoms with E-state index in [1.165, 1.54) is 11.1 Å². The van der Waals surface area contributed by atoms with Crippen molar-refractivity contribution in [3.8, 4) is 22.6 Å². The van der Waals surface area contributed by atoms with Gasteiger partial charge in [-0.15, -0.1) is 0 Å². The highest BCUT2D eigenvalue weighted by atomic mass is 31.1. The molecule has 2 unspecified atom stereocenters.